The summed E-state index contributed by atoms with van der Waals surface area (Å²) in [6.45, 7) is 11.1. The average Bonchev–Trinajstić information content (AvgIpc) is 2.82. The van der Waals surface area contributed by atoms with Crippen molar-refractivity contribution in [3.63, 3.8) is 0 Å². The Balaban J connectivity index is 2.00. The van der Waals surface area contributed by atoms with Crippen LogP contribution in [0.1, 0.15) is 38.8 Å². The summed E-state index contributed by atoms with van der Waals surface area (Å²) in [7, 11) is 0. The number of hydrogen-bond donors (Lipinski definition) is 0. The Hall–Kier alpha value is -3.07. The van der Waals surface area contributed by atoms with E-state index in [-0.39, 0.29) is 11.4 Å². The molecule has 0 atom stereocenters. The van der Waals surface area contributed by atoms with Crippen molar-refractivity contribution in [2.24, 2.45) is 5.41 Å². The first-order valence-corrected chi connectivity index (χ1v) is 10.4. The van der Waals surface area contributed by atoms with Crippen molar-refractivity contribution >= 4 is 11.5 Å². The molecular formula is C27H30O3. The highest BCUT2D eigenvalue weighted by molar-refractivity contribution is 5.85. The van der Waals surface area contributed by atoms with Gasteiger partial charge in [-0.2, -0.15) is 0 Å². The summed E-state index contributed by atoms with van der Waals surface area (Å²) in [4.78, 5) is 11.7. The monoisotopic (exact) mass is 402 g/mol. The predicted molar refractivity (Wildman–Crippen MR) is 123 cm³/mol. The average molecular weight is 403 g/mol. The van der Waals surface area contributed by atoms with Crippen LogP contribution in [0.3, 0.4) is 0 Å². The summed E-state index contributed by atoms with van der Waals surface area (Å²) in [5.74, 6) is 0.555. The van der Waals surface area contributed by atoms with E-state index in [1.807, 2.05) is 13.0 Å². The third-order valence-corrected chi connectivity index (χ3v) is 4.98. The predicted octanol–water partition coefficient (Wildman–Crippen LogP) is 6.53. The van der Waals surface area contributed by atoms with Crippen LogP contribution >= 0.6 is 0 Å². The molecule has 0 radical (unpaired) electrons. The van der Waals surface area contributed by atoms with Gasteiger partial charge in [0.2, 0.25) is 0 Å². The summed E-state index contributed by atoms with van der Waals surface area (Å²) in [6, 6.07) is 14.9. The molecule has 0 bridgehead atoms. The van der Waals surface area contributed by atoms with Crippen LogP contribution < -0.4 is 4.74 Å². The van der Waals surface area contributed by atoms with Gasteiger partial charge < -0.3 is 9.47 Å². The second-order valence-corrected chi connectivity index (χ2v) is 8.43. The lowest BCUT2D eigenvalue weighted by Gasteiger charge is -2.18. The Kier molecular flexibility index (Phi) is 6.61. The number of aryl methyl sites for hydroxylation is 1. The van der Waals surface area contributed by atoms with E-state index in [1.165, 1.54) is 17.2 Å². The molecule has 1 aliphatic heterocycles. The number of benzene rings is 2. The number of ether oxygens (including phenoxy) is 2. The molecule has 3 rings (SSSR count). The van der Waals surface area contributed by atoms with Gasteiger partial charge in [0, 0.05) is 17.1 Å². The number of rotatable bonds is 5. The van der Waals surface area contributed by atoms with Crippen molar-refractivity contribution in [2.45, 2.75) is 34.6 Å². The lowest BCUT2D eigenvalue weighted by molar-refractivity contribution is -0.137. The lowest BCUT2D eigenvalue weighted by Crippen LogP contribution is -2.17. The largest absolute Gasteiger partial charge is 0.492 e. The van der Waals surface area contributed by atoms with Crippen LogP contribution in [0.15, 0.2) is 72.3 Å². The highest BCUT2D eigenvalue weighted by Gasteiger charge is 2.23. The van der Waals surface area contributed by atoms with E-state index in [4.69, 9.17) is 9.47 Å². The molecule has 0 unspecified atom stereocenters. The second kappa shape index (κ2) is 9.17. The molecular weight excluding hydrogens is 372 g/mol. The van der Waals surface area contributed by atoms with Gasteiger partial charge in [-0.1, -0.05) is 68.0 Å². The summed E-state index contributed by atoms with van der Waals surface area (Å²) < 4.78 is 11.1. The molecule has 3 nitrogen and oxygen atoms in total. The maximum atomic E-state index is 11.7. The molecule has 156 valence electrons. The maximum Gasteiger partial charge on any atom is 0.330 e. The molecule has 0 aromatic heterocycles. The van der Waals surface area contributed by atoms with E-state index in [2.05, 4.69) is 75.4 Å². The number of hydrogen-bond acceptors (Lipinski definition) is 3. The van der Waals surface area contributed by atoms with Crippen LogP contribution in [0.2, 0.25) is 0 Å². The Labute approximate surface area is 179 Å². The molecule has 30 heavy (non-hydrogen) atoms. The van der Waals surface area contributed by atoms with Crippen molar-refractivity contribution < 1.29 is 14.3 Å². The van der Waals surface area contributed by atoms with Gasteiger partial charge in [-0.15, -0.1) is 0 Å². The molecule has 0 saturated carbocycles. The SMILES string of the molecule is CCOC(=O)/C=C(C)/C=C/C1=CC(C)(C)COc2ccc(-c3ccc(C)cc3)cc21. The van der Waals surface area contributed by atoms with Crippen LogP contribution in [-0.4, -0.2) is 19.2 Å². The molecule has 0 amide bonds. The molecule has 0 fully saturated rings. The van der Waals surface area contributed by atoms with Crippen LogP contribution in [0, 0.1) is 12.3 Å². The number of allylic oxidation sites excluding steroid dienone is 4. The van der Waals surface area contributed by atoms with E-state index < -0.39 is 0 Å². The van der Waals surface area contributed by atoms with E-state index in [9.17, 15) is 4.79 Å². The van der Waals surface area contributed by atoms with E-state index in [0.29, 0.717) is 13.2 Å². The van der Waals surface area contributed by atoms with Gasteiger partial charge in [0.1, 0.15) is 5.75 Å². The summed E-state index contributed by atoms with van der Waals surface area (Å²) >= 11 is 0. The molecule has 0 saturated heterocycles. The normalized spacial score (nSPS) is 15.8. The Morgan fingerprint density at radius 3 is 2.53 bits per heavy atom. The number of fused-ring (bicyclic) bond motifs is 1. The fourth-order valence-electron chi connectivity index (χ4n) is 3.39. The number of carbonyl (C=O) groups excluding carboxylic acids is 1. The first kappa shape index (κ1) is 21.6. The fraction of sp³-hybridized carbons (Fsp3) is 0.296. The van der Waals surface area contributed by atoms with E-state index >= 15 is 0 Å². The zero-order valence-corrected chi connectivity index (χ0v) is 18.5. The smallest absolute Gasteiger partial charge is 0.330 e. The summed E-state index contributed by atoms with van der Waals surface area (Å²) in [6.07, 6.45) is 7.76. The fourth-order valence-corrected chi connectivity index (χ4v) is 3.39. The molecule has 0 aliphatic carbocycles. The van der Waals surface area contributed by atoms with Crippen molar-refractivity contribution in [3.8, 4) is 16.9 Å². The highest BCUT2D eigenvalue weighted by atomic mass is 16.5. The van der Waals surface area contributed by atoms with E-state index in [0.717, 1.165) is 28.0 Å². The maximum absolute atomic E-state index is 11.7. The Bertz CT molecular complexity index is 1000. The van der Waals surface area contributed by atoms with Crippen LogP contribution in [0.4, 0.5) is 0 Å². The third kappa shape index (κ3) is 5.50. The lowest BCUT2D eigenvalue weighted by atomic mass is 9.89. The Morgan fingerprint density at radius 1 is 1.13 bits per heavy atom. The van der Waals surface area contributed by atoms with Crippen molar-refractivity contribution in [1.29, 1.82) is 0 Å². The second-order valence-electron chi connectivity index (χ2n) is 8.43. The minimum Gasteiger partial charge on any atom is -0.492 e. The first-order valence-electron chi connectivity index (χ1n) is 10.4. The molecule has 2 aromatic rings. The quantitative estimate of drug-likeness (QED) is 0.324. The van der Waals surface area contributed by atoms with Gasteiger partial charge >= 0.3 is 5.97 Å². The van der Waals surface area contributed by atoms with Gasteiger partial charge in [0.05, 0.1) is 13.2 Å². The summed E-state index contributed by atoms with van der Waals surface area (Å²) in [5, 5.41) is 0. The Morgan fingerprint density at radius 2 is 1.83 bits per heavy atom. The zero-order valence-electron chi connectivity index (χ0n) is 18.5. The number of esters is 1. The standard InChI is InChI=1S/C27H30O3/c1-6-29-26(28)15-20(3)9-12-23-17-27(4,5)18-30-25-14-13-22(16-24(23)25)21-10-7-19(2)8-11-21/h7-17H,6,18H2,1-5H3/b12-9+,20-15+. The third-order valence-electron chi connectivity index (χ3n) is 4.98. The van der Waals surface area contributed by atoms with Gasteiger partial charge in [0.15, 0.2) is 0 Å². The number of carbonyl (C=O) groups is 1. The molecule has 1 heterocycles. The first-order chi connectivity index (χ1) is 14.3. The van der Waals surface area contributed by atoms with Crippen molar-refractivity contribution in [2.75, 3.05) is 13.2 Å². The van der Waals surface area contributed by atoms with E-state index in [1.54, 1.807) is 6.92 Å². The molecule has 0 N–H and O–H groups in total. The van der Waals surface area contributed by atoms with Crippen LogP contribution in [-0.2, 0) is 9.53 Å². The van der Waals surface area contributed by atoms with Gasteiger partial charge in [0.25, 0.3) is 0 Å². The van der Waals surface area contributed by atoms with Gasteiger partial charge in [-0.25, -0.2) is 4.79 Å². The molecule has 3 heteroatoms. The van der Waals surface area contributed by atoms with Crippen molar-refractivity contribution in [3.05, 3.63) is 83.5 Å². The van der Waals surface area contributed by atoms with Gasteiger partial charge in [-0.3, -0.25) is 0 Å². The minimum absolute atomic E-state index is 0.110. The van der Waals surface area contributed by atoms with Crippen LogP contribution in [0.25, 0.3) is 16.7 Å². The zero-order chi connectivity index (χ0) is 21.7. The van der Waals surface area contributed by atoms with Crippen molar-refractivity contribution in [1.82, 2.24) is 0 Å². The van der Waals surface area contributed by atoms with Crippen LogP contribution in [0.5, 0.6) is 5.75 Å². The summed E-state index contributed by atoms with van der Waals surface area (Å²) in [5.41, 5.74) is 6.43. The molecule has 1 aliphatic rings. The molecule has 0 spiro atoms. The molecule has 2 aromatic carbocycles. The van der Waals surface area contributed by atoms with Gasteiger partial charge in [-0.05, 0) is 55.2 Å². The minimum atomic E-state index is -0.319. The topological polar surface area (TPSA) is 35.5 Å². The highest BCUT2D eigenvalue weighted by Crippen LogP contribution is 2.38.